The van der Waals surface area contributed by atoms with Gasteiger partial charge in [-0.05, 0) is 24.3 Å². The molecule has 26 nitrogen and oxygen atoms in total. The van der Waals surface area contributed by atoms with Crippen molar-refractivity contribution < 1.29 is 85.5 Å². The molecule has 2 aliphatic heterocycles. The maximum Gasteiger partial charge on any atom is 2.00 e. The van der Waals surface area contributed by atoms with Crippen LogP contribution in [0.15, 0.2) is 85.5 Å². The molecule has 6 aromatic rings. The fourth-order valence-electron chi connectivity index (χ4n) is 8.25. The van der Waals surface area contributed by atoms with Gasteiger partial charge in [-0.3, -0.25) is 46.9 Å². The van der Waals surface area contributed by atoms with Gasteiger partial charge in [-0.2, -0.15) is 0 Å². The summed E-state index contributed by atoms with van der Waals surface area (Å²) >= 11 is 0. The molecule has 0 aliphatic carbocycles. The molecule has 2 N–H and O–H groups in total. The molecule has 4 amide bonds. The summed E-state index contributed by atoms with van der Waals surface area (Å²) in [6.07, 6.45) is 5.02. The van der Waals surface area contributed by atoms with Crippen molar-refractivity contribution in [2.45, 2.75) is 13.5 Å². The molecular weight excluding hydrogens is 1040 g/mol. The van der Waals surface area contributed by atoms with Crippen molar-refractivity contribution in [2.75, 3.05) is 80.8 Å². The number of rotatable bonds is 16. The van der Waals surface area contributed by atoms with Gasteiger partial charge in [-0.15, -0.1) is 0 Å². The number of phosphoric ester groups is 2. The smallest absolute Gasteiger partial charge is 0.756 e. The molecular formula is C46H48MgN8O18P2. The number of ketones is 2. The van der Waals surface area contributed by atoms with E-state index < -0.39 is 52.5 Å². The fourth-order valence-corrected chi connectivity index (χ4v) is 8.79. The standard InChI is InChI=1S/2C23H25N4O9P.Mg/c2*1-34-17-12-24-21(35-2)19-18(17)16(13-27(19)14-36-37(31,32)33)20(28)23(30)26-10-8-25(9-11-26)22(29)15-6-4-3-5-7-15;/h2*3-7,12-13H,8-11,14H2,1-2H3,(H2,31,32,33);/q;;+2/p-2. The molecule has 0 bridgehead atoms. The number of aromatic nitrogens is 4. The molecule has 392 valence electrons. The molecule has 2 saturated heterocycles. The van der Waals surface area contributed by atoms with Gasteiger partial charge in [-0.25, -0.2) is 9.97 Å². The summed E-state index contributed by atoms with van der Waals surface area (Å²) in [5.74, 6) is -3.40. The minimum Gasteiger partial charge on any atom is -0.756 e. The van der Waals surface area contributed by atoms with Crippen LogP contribution >= 0.6 is 15.6 Å². The number of amides is 4. The molecule has 8 rings (SSSR count). The summed E-state index contributed by atoms with van der Waals surface area (Å²) in [5, 5.41) is 0.320. The number of piperazine rings is 2. The van der Waals surface area contributed by atoms with Crippen LogP contribution in [0.5, 0.6) is 23.3 Å². The summed E-state index contributed by atoms with van der Waals surface area (Å²) < 4.78 is 54.8. The maximum absolute atomic E-state index is 13.4. The molecule has 2 aliphatic rings. The van der Waals surface area contributed by atoms with E-state index in [1.54, 1.807) is 58.3 Å². The van der Waals surface area contributed by atoms with Crippen molar-refractivity contribution in [3.8, 4) is 23.3 Å². The van der Waals surface area contributed by atoms with Crippen molar-refractivity contribution in [2.24, 2.45) is 0 Å². The first kappa shape index (κ1) is 57.5. The minimum absolute atomic E-state index is 0. The van der Waals surface area contributed by atoms with Gasteiger partial charge in [0.25, 0.3) is 50.8 Å². The Hall–Kier alpha value is -6.77. The third kappa shape index (κ3) is 13.2. The van der Waals surface area contributed by atoms with Crippen molar-refractivity contribution in [3.05, 3.63) is 108 Å². The number of ether oxygens (including phenoxy) is 4. The average Bonchev–Trinajstić information content (AvgIpc) is 4.00. The van der Waals surface area contributed by atoms with E-state index in [9.17, 15) is 47.7 Å². The summed E-state index contributed by atoms with van der Waals surface area (Å²) in [4.78, 5) is 133. The Morgan fingerprint density at radius 3 is 1.15 bits per heavy atom. The van der Waals surface area contributed by atoms with Crippen molar-refractivity contribution in [3.63, 3.8) is 0 Å². The number of pyridine rings is 2. The van der Waals surface area contributed by atoms with Crippen molar-refractivity contribution in [1.29, 1.82) is 0 Å². The molecule has 0 spiro atoms. The average molecular weight is 1090 g/mol. The molecule has 4 aromatic heterocycles. The van der Waals surface area contributed by atoms with Crippen LogP contribution in [0.1, 0.15) is 41.4 Å². The predicted octanol–water partition coefficient (Wildman–Crippen LogP) is 0.930. The molecule has 75 heavy (non-hydrogen) atoms. The van der Waals surface area contributed by atoms with Crippen molar-refractivity contribution in [1.82, 2.24) is 38.7 Å². The van der Waals surface area contributed by atoms with Crippen LogP contribution in [0, 0.1) is 0 Å². The summed E-state index contributed by atoms with van der Waals surface area (Å²) in [7, 11) is -4.87. The van der Waals surface area contributed by atoms with E-state index in [4.69, 9.17) is 28.7 Å². The number of hydrogen-bond donors (Lipinski definition) is 2. The molecule has 2 aromatic carbocycles. The molecule has 0 saturated carbocycles. The Bertz CT molecular complexity index is 2970. The van der Waals surface area contributed by atoms with E-state index in [0.29, 0.717) is 11.1 Å². The van der Waals surface area contributed by atoms with Gasteiger partial charge in [-0.1, -0.05) is 36.4 Å². The quantitative estimate of drug-likeness (QED) is 0.0589. The second kappa shape index (κ2) is 24.7. The Labute approximate surface area is 443 Å². The summed E-state index contributed by atoms with van der Waals surface area (Å²) in [6, 6.07) is 17.5. The molecule has 2 fully saturated rings. The SMILES string of the molecule is COc1cnc(OC)c2c1c(C(=O)C(=O)N1CCN(C(=O)c3ccccc3)CC1)cn2COP(=O)([O-])O.COc1cnc(OC)c2c1c(C(=O)C(=O)N1CCN(C(=O)c3ccccc3)CC1)cn2COP(=O)([O-])O.[Mg+2]. The number of Topliss-reactive ketones (excluding diaryl/α,β-unsaturated/α-hetero) is 2. The van der Waals surface area contributed by atoms with Crippen LogP contribution in [0.25, 0.3) is 21.8 Å². The number of hydrogen-bond acceptors (Lipinski definition) is 18. The van der Waals surface area contributed by atoms with E-state index in [0.717, 1.165) is 0 Å². The fraction of sp³-hybridized carbons (Fsp3) is 0.304. The van der Waals surface area contributed by atoms with Gasteiger partial charge >= 0.3 is 23.1 Å². The zero-order valence-corrected chi connectivity index (χ0v) is 44.0. The monoisotopic (exact) mass is 1090 g/mol. The van der Waals surface area contributed by atoms with Gasteiger partial charge in [0.15, 0.2) is 0 Å². The van der Waals surface area contributed by atoms with E-state index in [-0.39, 0.29) is 143 Å². The largest absolute Gasteiger partial charge is 2.00 e. The Balaban J connectivity index is 0.000000241. The number of carbonyl (C=O) groups is 6. The van der Waals surface area contributed by atoms with Crippen LogP contribution in [0.4, 0.5) is 0 Å². The van der Waals surface area contributed by atoms with Crippen LogP contribution in [0.3, 0.4) is 0 Å². The predicted molar refractivity (Wildman–Crippen MR) is 260 cm³/mol. The van der Waals surface area contributed by atoms with Gasteiger partial charge < -0.3 is 67.3 Å². The molecule has 6 heterocycles. The Morgan fingerprint density at radius 2 is 0.853 bits per heavy atom. The zero-order chi connectivity index (χ0) is 53.5. The van der Waals surface area contributed by atoms with Crippen molar-refractivity contribution >= 4 is 95.7 Å². The minimum atomic E-state index is -5.10. The first-order valence-electron chi connectivity index (χ1n) is 22.2. The van der Waals surface area contributed by atoms with Crippen LogP contribution in [-0.2, 0) is 41.2 Å². The van der Waals surface area contributed by atoms with Gasteiger partial charge in [0.2, 0.25) is 11.8 Å². The number of carbonyl (C=O) groups excluding carboxylic acids is 6. The third-order valence-corrected chi connectivity index (χ3v) is 12.7. The Morgan fingerprint density at radius 1 is 0.533 bits per heavy atom. The van der Waals surface area contributed by atoms with Gasteiger partial charge in [0, 0.05) is 75.9 Å². The third-order valence-electron chi connectivity index (χ3n) is 11.8. The first-order valence-corrected chi connectivity index (χ1v) is 25.2. The van der Waals surface area contributed by atoms with Gasteiger partial charge in [0.1, 0.15) is 36.0 Å². The molecule has 0 radical (unpaired) electrons. The summed E-state index contributed by atoms with van der Waals surface area (Å²) in [6.45, 7) is 0.178. The Kier molecular flexibility index (Phi) is 18.9. The van der Waals surface area contributed by atoms with E-state index >= 15 is 0 Å². The normalized spacial score (nSPS) is 15.1. The van der Waals surface area contributed by atoms with Crippen LogP contribution in [-0.4, -0.2) is 188 Å². The maximum atomic E-state index is 13.4. The van der Waals surface area contributed by atoms with E-state index in [1.807, 2.05) is 12.1 Å². The number of nitrogens with zero attached hydrogens (tertiary/aromatic N) is 8. The number of phosphoric acid groups is 2. The second-order valence-corrected chi connectivity index (χ2v) is 18.5. The molecule has 29 heteroatoms. The number of benzene rings is 2. The number of methoxy groups -OCH3 is 4. The molecule has 2 unspecified atom stereocenters. The van der Waals surface area contributed by atoms with E-state index in [2.05, 4.69) is 19.0 Å². The van der Waals surface area contributed by atoms with E-state index in [1.165, 1.54) is 72.2 Å². The number of fused-ring (bicyclic) bond motifs is 2. The van der Waals surface area contributed by atoms with Crippen LogP contribution < -0.4 is 28.7 Å². The first-order chi connectivity index (χ1) is 35.3. The van der Waals surface area contributed by atoms with Gasteiger partial charge in [0.05, 0.1) is 62.7 Å². The van der Waals surface area contributed by atoms with Crippen LogP contribution in [0.2, 0.25) is 0 Å². The topological polar surface area (TPSA) is 327 Å². The molecule has 2 atom stereocenters. The second-order valence-electron chi connectivity index (χ2n) is 16.2. The summed E-state index contributed by atoms with van der Waals surface area (Å²) in [5.41, 5.74) is 1.14. The zero-order valence-electron chi connectivity index (χ0n) is 40.8.